The number of likely N-dealkylation sites (N-methyl/N-ethyl adjacent to an activating group) is 1. The summed E-state index contributed by atoms with van der Waals surface area (Å²) in [6.07, 6.45) is 0.405. The number of fused-ring (bicyclic) bond motifs is 3. The van der Waals surface area contributed by atoms with Crippen molar-refractivity contribution in [2.24, 2.45) is 0 Å². The van der Waals surface area contributed by atoms with Crippen LogP contribution in [0.1, 0.15) is 18.9 Å². The quantitative estimate of drug-likeness (QED) is 0.729. The van der Waals surface area contributed by atoms with Crippen molar-refractivity contribution in [1.29, 1.82) is 0 Å². The average molecular weight is 422 g/mol. The summed E-state index contributed by atoms with van der Waals surface area (Å²) in [4.78, 5) is 33.5. The topological polar surface area (TPSA) is 68.4 Å². The average Bonchev–Trinajstić information content (AvgIpc) is 3.11. The van der Waals surface area contributed by atoms with Crippen molar-refractivity contribution in [3.8, 4) is 0 Å². The fraction of sp³-hybridized carbons (Fsp3) is 0.600. The summed E-state index contributed by atoms with van der Waals surface area (Å²) in [6.45, 7) is 6.74. The number of carbonyl (C=O) groups excluding carboxylic acids is 2. The van der Waals surface area contributed by atoms with Gasteiger partial charge < -0.3 is 14.5 Å². The molecule has 3 atom stereocenters. The van der Waals surface area contributed by atoms with E-state index in [1.54, 1.807) is 11.9 Å². The third kappa shape index (κ3) is 3.38. The van der Waals surface area contributed by atoms with Crippen LogP contribution in [0.25, 0.3) is 0 Å². The summed E-state index contributed by atoms with van der Waals surface area (Å²) < 4.78 is 5.37. The minimum Gasteiger partial charge on any atom is -0.380 e. The number of imide groups is 1. The SMILES string of the molecule is CCOCCN1C(=O)C2C(NC3N(c4cccc(Cl)c4C)CCCN23)N(C)C1=O. The maximum Gasteiger partial charge on any atom is 0.327 e. The van der Waals surface area contributed by atoms with Crippen LogP contribution in [-0.4, -0.2) is 85.0 Å². The second-order valence-electron chi connectivity index (χ2n) is 7.68. The summed E-state index contributed by atoms with van der Waals surface area (Å²) in [7, 11) is 1.75. The van der Waals surface area contributed by atoms with Crippen LogP contribution in [0.15, 0.2) is 18.2 Å². The fourth-order valence-electron chi connectivity index (χ4n) is 4.58. The van der Waals surface area contributed by atoms with Gasteiger partial charge in [0.1, 0.15) is 18.5 Å². The van der Waals surface area contributed by atoms with Gasteiger partial charge >= 0.3 is 6.03 Å². The van der Waals surface area contributed by atoms with Crippen LogP contribution in [0, 0.1) is 6.92 Å². The lowest BCUT2D eigenvalue weighted by atomic mass is 10.1. The van der Waals surface area contributed by atoms with Crippen LogP contribution < -0.4 is 10.2 Å². The number of amides is 3. The van der Waals surface area contributed by atoms with Crippen LogP contribution in [0.2, 0.25) is 5.02 Å². The number of rotatable bonds is 5. The highest BCUT2D eigenvalue weighted by molar-refractivity contribution is 6.31. The van der Waals surface area contributed by atoms with Gasteiger partial charge in [-0.15, -0.1) is 0 Å². The number of benzene rings is 1. The molecule has 29 heavy (non-hydrogen) atoms. The van der Waals surface area contributed by atoms with Crippen LogP contribution in [0.5, 0.6) is 0 Å². The molecule has 8 nitrogen and oxygen atoms in total. The number of halogens is 1. The standard InChI is InChI=1S/C20H28ClN5O3/c1-4-29-12-11-26-18(27)16-17(23(3)20(26)28)22-19-24(9-6-10-25(16)19)15-8-5-7-14(21)13(15)2/h5,7-8,16-17,19,22H,4,6,9-12H2,1-3H3. The Labute approximate surface area is 176 Å². The van der Waals surface area contributed by atoms with E-state index < -0.39 is 6.04 Å². The Morgan fingerprint density at radius 3 is 2.83 bits per heavy atom. The molecule has 1 aromatic rings. The lowest BCUT2D eigenvalue weighted by Gasteiger charge is -2.44. The monoisotopic (exact) mass is 421 g/mol. The molecule has 158 valence electrons. The minimum atomic E-state index is -0.411. The molecule has 3 aliphatic heterocycles. The van der Waals surface area contributed by atoms with Gasteiger partial charge in [-0.2, -0.15) is 0 Å². The fourth-order valence-corrected chi connectivity index (χ4v) is 4.75. The lowest BCUT2D eigenvalue weighted by Crippen LogP contribution is -2.66. The van der Waals surface area contributed by atoms with Gasteiger partial charge in [0.2, 0.25) is 0 Å². The third-order valence-corrected chi connectivity index (χ3v) is 6.49. The molecule has 9 heteroatoms. The zero-order valence-electron chi connectivity index (χ0n) is 17.1. The summed E-state index contributed by atoms with van der Waals surface area (Å²) in [6, 6.07) is 5.19. The Kier molecular flexibility index (Phi) is 5.70. The van der Waals surface area contributed by atoms with Crippen molar-refractivity contribution in [3.63, 3.8) is 0 Å². The van der Waals surface area contributed by atoms with Gasteiger partial charge in [-0.3, -0.25) is 19.9 Å². The molecule has 3 heterocycles. The van der Waals surface area contributed by atoms with E-state index in [0.717, 1.165) is 35.8 Å². The molecule has 0 saturated carbocycles. The minimum absolute atomic E-state index is 0.155. The van der Waals surface area contributed by atoms with Crippen LogP contribution in [0.4, 0.5) is 10.5 Å². The number of urea groups is 1. The van der Waals surface area contributed by atoms with Crippen molar-refractivity contribution < 1.29 is 14.3 Å². The predicted octanol–water partition coefficient (Wildman–Crippen LogP) is 1.67. The molecule has 3 unspecified atom stereocenters. The normalized spacial score (nSPS) is 27.4. The van der Waals surface area contributed by atoms with Gasteiger partial charge in [0, 0.05) is 37.5 Å². The predicted molar refractivity (Wildman–Crippen MR) is 111 cm³/mol. The molecule has 3 aliphatic rings. The molecule has 0 bridgehead atoms. The Morgan fingerprint density at radius 2 is 2.07 bits per heavy atom. The molecule has 1 N–H and O–H groups in total. The van der Waals surface area contributed by atoms with E-state index in [9.17, 15) is 9.59 Å². The second kappa shape index (κ2) is 8.10. The molecular weight excluding hydrogens is 394 g/mol. The molecule has 3 fully saturated rings. The first-order chi connectivity index (χ1) is 14.0. The molecule has 3 amide bonds. The molecular formula is C20H28ClN5O3. The van der Waals surface area contributed by atoms with Gasteiger partial charge in [-0.1, -0.05) is 17.7 Å². The van der Waals surface area contributed by atoms with Gasteiger partial charge in [0.05, 0.1) is 13.2 Å². The lowest BCUT2D eigenvalue weighted by molar-refractivity contribution is -0.139. The van der Waals surface area contributed by atoms with Crippen molar-refractivity contribution in [3.05, 3.63) is 28.8 Å². The van der Waals surface area contributed by atoms with Crippen LogP contribution in [-0.2, 0) is 9.53 Å². The van der Waals surface area contributed by atoms with E-state index in [-0.39, 0.29) is 30.9 Å². The van der Waals surface area contributed by atoms with E-state index in [4.69, 9.17) is 16.3 Å². The van der Waals surface area contributed by atoms with E-state index in [1.807, 2.05) is 26.0 Å². The highest BCUT2D eigenvalue weighted by Gasteiger charge is 2.56. The highest BCUT2D eigenvalue weighted by Crippen LogP contribution is 2.35. The Morgan fingerprint density at radius 1 is 1.28 bits per heavy atom. The number of carbonyl (C=O) groups is 2. The number of nitrogens with one attached hydrogen (secondary N) is 1. The number of nitrogens with zero attached hydrogens (tertiary/aromatic N) is 4. The largest absolute Gasteiger partial charge is 0.380 e. The first-order valence-electron chi connectivity index (χ1n) is 10.1. The van der Waals surface area contributed by atoms with Crippen molar-refractivity contribution in [2.75, 3.05) is 44.8 Å². The molecule has 1 aromatic carbocycles. The summed E-state index contributed by atoms with van der Waals surface area (Å²) >= 11 is 6.36. The highest BCUT2D eigenvalue weighted by atomic mass is 35.5. The van der Waals surface area contributed by atoms with Crippen molar-refractivity contribution in [1.82, 2.24) is 20.0 Å². The summed E-state index contributed by atoms with van der Waals surface area (Å²) in [5, 5.41) is 4.25. The molecule has 0 aliphatic carbocycles. The smallest absolute Gasteiger partial charge is 0.327 e. The second-order valence-corrected chi connectivity index (χ2v) is 8.09. The zero-order chi connectivity index (χ0) is 20.7. The van der Waals surface area contributed by atoms with E-state index >= 15 is 0 Å². The van der Waals surface area contributed by atoms with Gasteiger partial charge in [-0.05, 0) is 38.0 Å². The maximum absolute atomic E-state index is 13.3. The van der Waals surface area contributed by atoms with Gasteiger partial charge in [0.25, 0.3) is 5.91 Å². The number of anilines is 1. The van der Waals surface area contributed by atoms with E-state index in [2.05, 4.69) is 21.2 Å². The summed E-state index contributed by atoms with van der Waals surface area (Å²) in [5.74, 6) is -0.155. The molecule has 0 aromatic heterocycles. The molecule has 3 saturated heterocycles. The van der Waals surface area contributed by atoms with Gasteiger partial charge in [-0.25, -0.2) is 4.79 Å². The first-order valence-corrected chi connectivity index (χ1v) is 10.5. The number of ether oxygens (including phenoxy) is 1. The Hall–Kier alpha value is -1.87. The number of hydrogen-bond donors (Lipinski definition) is 1. The van der Waals surface area contributed by atoms with E-state index in [0.29, 0.717) is 13.2 Å². The molecule has 4 rings (SSSR count). The first kappa shape index (κ1) is 20.4. The molecule has 0 radical (unpaired) electrons. The molecule has 0 spiro atoms. The van der Waals surface area contributed by atoms with Crippen molar-refractivity contribution >= 4 is 29.2 Å². The summed E-state index contributed by atoms with van der Waals surface area (Å²) in [5.41, 5.74) is 2.06. The number of hydrogen-bond acceptors (Lipinski definition) is 6. The van der Waals surface area contributed by atoms with Crippen LogP contribution >= 0.6 is 11.6 Å². The Balaban J connectivity index is 1.62. The zero-order valence-corrected chi connectivity index (χ0v) is 17.9. The van der Waals surface area contributed by atoms with Crippen molar-refractivity contribution in [2.45, 2.75) is 38.8 Å². The van der Waals surface area contributed by atoms with Gasteiger partial charge in [0.15, 0.2) is 0 Å². The third-order valence-electron chi connectivity index (χ3n) is 6.08. The van der Waals surface area contributed by atoms with E-state index in [1.165, 1.54) is 4.90 Å². The maximum atomic E-state index is 13.3. The Bertz CT molecular complexity index is 806. The van der Waals surface area contributed by atoms with Crippen LogP contribution in [0.3, 0.4) is 0 Å².